The molecule has 164 valence electrons. The number of carbonyl (C=O) groups is 2. The summed E-state index contributed by atoms with van der Waals surface area (Å²) < 4.78 is 8.83. The van der Waals surface area contributed by atoms with Gasteiger partial charge in [0.1, 0.15) is 11.9 Å². The van der Waals surface area contributed by atoms with Crippen molar-refractivity contribution in [2.24, 2.45) is 11.8 Å². The minimum atomic E-state index is -1.35. The van der Waals surface area contributed by atoms with Crippen LogP contribution in [0.2, 0.25) is 0 Å². The van der Waals surface area contributed by atoms with Crippen molar-refractivity contribution < 1.29 is 24.5 Å². The van der Waals surface area contributed by atoms with Crippen molar-refractivity contribution >= 4 is 43.4 Å². The van der Waals surface area contributed by atoms with Gasteiger partial charge in [-0.25, -0.2) is 0 Å². The molecular formula is C25H22NO5S-. The van der Waals surface area contributed by atoms with Crippen LogP contribution in [0.1, 0.15) is 26.2 Å². The lowest BCUT2D eigenvalue weighted by Crippen LogP contribution is -2.64. The summed E-state index contributed by atoms with van der Waals surface area (Å²) in [5.74, 6) is -1.66. The molecule has 5 atom stereocenters. The summed E-state index contributed by atoms with van der Waals surface area (Å²) in [6.45, 7) is 1.59. The maximum Gasteiger partial charge on any atom is 0.235 e. The van der Waals surface area contributed by atoms with Gasteiger partial charge in [-0.3, -0.25) is 4.79 Å². The number of benzene rings is 2. The second-order valence-corrected chi connectivity index (χ2v) is 10.0. The number of aliphatic hydroxyl groups is 1. The molecule has 1 amide bonds. The number of hydrogen-bond donors (Lipinski definition) is 1. The number of rotatable bonds is 4. The van der Waals surface area contributed by atoms with Gasteiger partial charge in [0.25, 0.3) is 0 Å². The van der Waals surface area contributed by atoms with E-state index < -0.39 is 24.1 Å². The Bertz CT molecular complexity index is 1310. The Morgan fingerprint density at radius 1 is 1.19 bits per heavy atom. The highest BCUT2D eigenvalue weighted by Crippen LogP contribution is 2.53. The molecule has 2 aromatic carbocycles. The van der Waals surface area contributed by atoms with Crippen LogP contribution in [-0.4, -0.2) is 40.1 Å². The lowest BCUT2D eigenvalue weighted by atomic mass is 9.71. The highest BCUT2D eigenvalue weighted by Gasteiger charge is 2.61. The van der Waals surface area contributed by atoms with E-state index in [1.54, 1.807) is 18.3 Å². The molecule has 6 rings (SSSR count). The number of amides is 1. The number of nitrogens with zero attached hydrogens (tertiary/aromatic N) is 1. The molecule has 3 aromatic rings. The molecule has 0 spiro atoms. The van der Waals surface area contributed by atoms with Gasteiger partial charge in [-0.15, -0.1) is 11.3 Å². The number of carboxylic acids is 1. The quantitative estimate of drug-likeness (QED) is 0.620. The molecule has 0 radical (unpaired) electrons. The summed E-state index contributed by atoms with van der Waals surface area (Å²) in [6, 6.07) is 13.8. The Balaban J connectivity index is 1.44. The lowest BCUT2D eigenvalue weighted by Gasteiger charge is -2.48. The van der Waals surface area contributed by atoms with Gasteiger partial charge in [-0.2, -0.15) is 0 Å². The Hall–Kier alpha value is -2.90. The van der Waals surface area contributed by atoms with Gasteiger partial charge >= 0.3 is 0 Å². The summed E-state index contributed by atoms with van der Waals surface area (Å²) in [7, 11) is 0. The number of aliphatic carboxylic acids is 1. The summed E-state index contributed by atoms with van der Waals surface area (Å²) in [5, 5.41) is 24.4. The first-order valence-electron chi connectivity index (χ1n) is 11.0. The van der Waals surface area contributed by atoms with E-state index in [1.807, 2.05) is 24.3 Å². The molecule has 3 heterocycles. The Kier molecular flexibility index (Phi) is 4.35. The molecule has 0 bridgehead atoms. The van der Waals surface area contributed by atoms with Crippen molar-refractivity contribution in [2.45, 2.75) is 44.4 Å². The van der Waals surface area contributed by atoms with Gasteiger partial charge < -0.3 is 24.6 Å². The number of ether oxygens (including phenoxy) is 1. The second-order valence-electron chi connectivity index (χ2n) is 8.93. The lowest BCUT2D eigenvalue weighted by molar-refractivity contribution is -0.301. The molecule has 1 saturated heterocycles. The highest BCUT2D eigenvalue weighted by molar-refractivity contribution is 7.25. The number of carbonyl (C=O) groups excluding carboxylic acids is 2. The predicted octanol–water partition coefficient (Wildman–Crippen LogP) is 2.83. The predicted molar refractivity (Wildman–Crippen MR) is 119 cm³/mol. The van der Waals surface area contributed by atoms with E-state index in [1.165, 1.54) is 9.60 Å². The van der Waals surface area contributed by atoms with Gasteiger partial charge in [0.05, 0.1) is 29.7 Å². The number of thiophene rings is 1. The fraction of sp³-hybridized carbons (Fsp3) is 0.360. The van der Waals surface area contributed by atoms with Crippen LogP contribution in [0.25, 0.3) is 20.2 Å². The normalized spacial score (nSPS) is 27.9. The first-order valence-corrected chi connectivity index (χ1v) is 11.8. The zero-order chi connectivity index (χ0) is 22.1. The summed E-state index contributed by atoms with van der Waals surface area (Å²) >= 11 is 1.70. The molecular weight excluding hydrogens is 426 g/mol. The molecule has 6 nitrogen and oxygen atoms in total. The first-order chi connectivity index (χ1) is 15.5. The Morgan fingerprint density at radius 3 is 2.75 bits per heavy atom. The third-order valence-electron chi connectivity index (χ3n) is 7.19. The van der Waals surface area contributed by atoms with E-state index >= 15 is 0 Å². The van der Waals surface area contributed by atoms with E-state index in [9.17, 15) is 19.8 Å². The van der Waals surface area contributed by atoms with Crippen LogP contribution in [0.5, 0.6) is 5.75 Å². The maximum absolute atomic E-state index is 12.7. The fourth-order valence-corrected chi connectivity index (χ4v) is 7.06. The SMILES string of the molecule is CC(O)C1C(=O)N2C(C(=O)[O-])=C3C(Oc4cccc5sc6ccccc6c45)CCCC3C12. The third-order valence-corrected chi connectivity index (χ3v) is 8.33. The zero-order valence-corrected chi connectivity index (χ0v) is 18.3. The van der Waals surface area contributed by atoms with Crippen molar-refractivity contribution in [1.82, 2.24) is 4.90 Å². The van der Waals surface area contributed by atoms with Crippen molar-refractivity contribution in [3.05, 3.63) is 53.7 Å². The van der Waals surface area contributed by atoms with E-state index in [0.717, 1.165) is 34.1 Å². The van der Waals surface area contributed by atoms with Gasteiger partial charge in [-0.1, -0.05) is 24.3 Å². The average Bonchev–Trinajstić information content (AvgIpc) is 3.28. The van der Waals surface area contributed by atoms with Crippen LogP contribution in [-0.2, 0) is 9.59 Å². The van der Waals surface area contributed by atoms with Crippen LogP contribution < -0.4 is 9.84 Å². The number of aliphatic hydroxyl groups excluding tert-OH is 1. The van der Waals surface area contributed by atoms with Gasteiger partial charge in [0.2, 0.25) is 5.91 Å². The van der Waals surface area contributed by atoms with Crippen LogP contribution in [0.3, 0.4) is 0 Å². The van der Waals surface area contributed by atoms with Crippen LogP contribution in [0, 0.1) is 11.8 Å². The van der Waals surface area contributed by atoms with Crippen molar-refractivity contribution in [3.63, 3.8) is 0 Å². The molecule has 7 heteroatoms. The van der Waals surface area contributed by atoms with Crippen LogP contribution in [0.4, 0.5) is 0 Å². The Morgan fingerprint density at radius 2 is 1.97 bits per heavy atom. The molecule has 1 aliphatic carbocycles. The fourth-order valence-electron chi connectivity index (χ4n) is 5.94. The maximum atomic E-state index is 12.7. The largest absolute Gasteiger partial charge is 0.543 e. The molecule has 2 fully saturated rings. The van der Waals surface area contributed by atoms with Crippen LogP contribution in [0.15, 0.2) is 53.7 Å². The summed E-state index contributed by atoms with van der Waals surface area (Å²) in [4.78, 5) is 26.2. The molecule has 5 unspecified atom stereocenters. The molecule has 32 heavy (non-hydrogen) atoms. The standard InChI is InChI=1S/C25H23NO5S/c1-12(27)19-22-14-7-4-8-16(21(14)23(25(29)30)26(22)24(19)28)31-15-9-5-11-18-20(15)13-6-2-3-10-17(13)32-18/h2-3,5-6,9-12,14,16,19,22,27H,4,7-8H2,1H3,(H,29,30)/p-1. The summed E-state index contributed by atoms with van der Waals surface area (Å²) in [6.07, 6.45) is 1.05. The third kappa shape index (κ3) is 2.61. The average molecular weight is 449 g/mol. The van der Waals surface area contributed by atoms with E-state index in [4.69, 9.17) is 4.74 Å². The number of hydrogen-bond acceptors (Lipinski definition) is 6. The molecule has 1 N–H and O–H groups in total. The molecule has 1 saturated carbocycles. The van der Waals surface area contributed by atoms with Gasteiger partial charge in [0.15, 0.2) is 0 Å². The highest BCUT2D eigenvalue weighted by atomic mass is 32.1. The molecule has 2 aliphatic heterocycles. The van der Waals surface area contributed by atoms with E-state index in [-0.39, 0.29) is 23.6 Å². The second kappa shape index (κ2) is 7.05. The van der Waals surface area contributed by atoms with Gasteiger partial charge in [-0.05, 0) is 44.4 Å². The first kappa shape index (κ1) is 19.8. The van der Waals surface area contributed by atoms with E-state index in [0.29, 0.717) is 12.0 Å². The van der Waals surface area contributed by atoms with Crippen LogP contribution >= 0.6 is 11.3 Å². The summed E-state index contributed by atoms with van der Waals surface area (Å²) in [5.41, 5.74) is 0.600. The van der Waals surface area contributed by atoms with E-state index in [2.05, 4.69) is 18.2 Å². The number of β-lactam (4-membered cyclic amide) rings is 1. The van der Waals surface area contributed by atoms with Crippen molar-refractivity contribution in [1.29, 1.82) is 0 Å². The van der Waals surface area contributed by atoms with Gasteiger partial charge in [0, 0.05) is 31.7 Å². The zero-order valence-electron chi connectivity index (χ0n) is 17.5. The number of carboxylic acid groups (broad SMARTS) is 1. The minimum Gasteiger partial charge on any atom is -0.543 e. The van der Waals surface area contributed by atoms with Crippen molar-refractivity contribution in [3.8, 4) is 5.75 Å². The molecule has 3 aliphatic rings. The minimum absolute atomic E-state index is 0.0473. The molecule has 1 aromatic heterocycles. The topological polar surface area (TPSA) is 89.9 Å². The number of fused-ring (bicyclic) bond motifs is 6. The van der Waals surface area contributed by atoms with Crippen molar-refractivity contribution in [2.75, 3.05) is 0 Å². The Labute approximate surface area is 188 Å². The smallest absolute Gasteiger partial charge is 0.235 e. The monoisotopic (exact) mass is 448 g/mol.